The van der Waals surface area contributed by atoms with Gasteiger partial charge in [0.1, 0.15) is 0 Å². The topological polar surface area (TPSA) is 77.2 Å². The molecule has 2 aromatic carbocycles. The number of carboxylic acid groups (broad SMARTS) is 1. The van der Waals surface area contributed by atoms with E-state index in [2.05, 4.69) is 40.3 Å². The zero-order valence-electron chi connectivity index (χ0n) is 15.9. The molecule has 0 atom stereocenters. The van der Waals surface area contributed by atoms with E-state index >= 15 is 0 Å². The van der Waals surface area contributed by atoms with Gasteiger partial charge in [0.05, 0.1) is 17.8 Å². The standard InChI is InChI=1S/C23H21N3O3/c27-21(28)8-4-14-29-23-25-22-20(7-3-13-24-22)26(23)19-12-11-16(15-9-10-15)17-5-1-2-6-18(17)19/h1-3,5-7,11-13,15H,4,8-10,14H2,(H,27,28). The fourth-order valence-electron chi connectivity index (χ4n) is 3.86. The Hall–Kier alpha value is -3.41. The third kappa shape index (κ3) is 3.31. The quantitative estimate of drug-likeness (QED) is 0.465. The lowest BCUT2D eigenvalue weighted by atomic mass is 9.99. The molecule has 5 rings (SSSR count). The van der Waals surface area contributed by atoms with Gasteiger partial charge in [-0.3, -0.25) is 9.36 Å². The number of ether oxygens (including phenoxy) is 1. The van der Waals surface area contributed by atoms with Crippen LogP contribution in [0.3, 0.4) is 0 Å². The first-order valence-electron chi connectivity index (χ1n) is 9.92. The largest absolute Gasteiger partial charge is 0.481 e. The van der Waals surface area contributed by atoms with Gasteiger partial charge in [-0.15, -0.1) is 0 Å². The average molecular weight is 387 g/mol. The summed E-state index contributed by atoms with van der Waals surface area (Å²) >= 11 is 0. The maximum atomic E-state index is 10.8. The van der Waals surface area contributed by atoms with E-state index in [0.717, 1.165) is 16.6 Å². The van der Waals surface area contributed by atoms with Gasteiger partial charge in [-0.05, 0) is 54.3 Å². The van der Waals surface area contributed by atoms with Gasteiger partial charge in [0.2, 0.25) is 0 Å². The van der Waals surface area contributed by atoms with Crippen LogP contribution in [-0.4, -0.2) is 32.2 Å². The Morgan fingerprint density at radius 3 is 2.72 bits per heavy atom. The van der Waals surface area contributed by atoms with Crippen LogP contribution in [0.2, 0.25) is 0 Å². The van der Waals surface area contributed by atoms with Gasteiger partial charge in [-0.2, -0.15) is 4.98 Å². The van der Waals surface area contributed by atoms with Crippen molar-refractivity contribution in [1.82, 2.24) is 14.5 Å². The number of aromatic nitrogens is 3. The van der Waals surface area contributed by atoms with Crippen LogP contribution in [0.4, 0.5) is 0 Å². The van der Waals surface area contributed by atoms with Crippen LogP contribution in [0.25, 0.3) is 27.6 Å². The number of fused-ring (bicyclic) bond motifs is 2. The molecule has 4 aromatic rings. The van der Waals surface area contributed by atoms with E-state index in [9.17, 15) is 4.79 Å². The van der Waals surface area contributed by atoms with Crippen molar-refractivity contribution in [2.24, 2.45) is 0 Å². The highest BCUT2D eigenvalue weighted by Crippen LogP contribution is 2.44. The van der Waals surface area contributed by atoms with Gasteiger partial charge >= 0.3 is 12.0 Å². The second-order valence-electron chi connectivity index (χ2n) is 7.42. The number of benzene rings is 2. The smallest absolute Gasteiger partial charge is 0.303 e. The molecule has 0 aliphatic heterocycles. The summed E-state index contributed by atoms with van der Waals surface area (Å²) < 4.78 is 7.90. The predicted octanol–water partition coefficient (Wildman–Crippen LogP) is 4.69. The van der Waals surface area contributed by atoms with Crippen molar-refractivity contribution in [2.75, 3.05) is 6.61 Å². The van der Waals surface area contributed by atoms with Crippen molar-refractivity contribution in [2.45, 2.75) is 31.6 Å². The molecule has 0 bridgehead atoms. The van der Waals surface area contributed by atoms with Crippen LogP contribution in [0.5, 0.6) is 6.01 Å². The zero-order chi connectivity index (χ0) is 19.8. The molecule has 2 heterocycles. The third-order valence-corrected chi connectivity index (χ3v) is 5.36. The monoisotopic (exact) mass is 387 g/mol. The molecule has 0 radical (unpaired) electrons. The second kappa shape index (κ2) is 7.20. The van der Waals surface area contributed by atoms with Crippen LogP contribution in [0.1, 0.15) is 37.2 Å². The Morgan fingerprint density at radius 1 is 1.10 bits per heavy atom. The lowest BCUT2D eigenvalue weighted by Gasteiger charge is -2.15. The number of imidazole rings is 1. The van der Waals surface area contributed by atoms with E-state index in [1.165, 1.54) is 23.8 Å². The molecule has 1 aliphatic carbocycles. The molecular weight excluding hydrogens is 366 g/mol. The number of carbonyl (C=O) groups is 1. The first-order chi connectivity index (χ1) is 14.2. The summed E-state index contributed by atoms with van der Waals surface area (Å²) in [5.41, 5.74) is 3.87. The van der Waals surface area contributed by atoms with Gasteiger partial charge in [-0.1, -0.05) is 30.3 Å². The number of hydrogen-bond acceptors (Lipinski definition) is 4. The molecule has 0 saturated heterocycles. The van der Waals surface area contributed by atoms with Gasteiger partial charge in [-0.25, -0.2) is 4.98 Å². The Balaban J connectivity index is 1.63. The Bertz CT molecular complexity index is 1210. The van der Waals surface area contributed by atoms with E-state index in [1.807, 2.05) is 22.8 Å². The van der Waals surface area contributed by atoms with E-state index in [-0.39, 0.29) is 13.0 Å². The van der Waals surface area contributed by atoms with Crippen molar-refractivity contribution >= 4 is 27.9 Å². The van der Waals surface area contributed by atoms with Crippen molar-refractivity contribution < 1.29 is 14.6 Å². The molecule has 6 heteroatoms. The third-order valence-electron chi connectivity index (χ3n) is 5.36. The van der Waals surface area contributed by atoms with Crippen LogP contribution < -0.4 is 4.74 Å². The molecule has 146 valence electrons. The summed E-state index contributed by atoms with van der Waals surface area (Å²) in [6.45, 7) is 0.285. The lowest BCUT2D eigenvalue weighted by Crippen LogP contribution is -2.06. The first kappa shape index (κ1) is 17.7. The maximum absolute atomic E-state index is 10.8. The second-order valence-corrected chi connectivity index (χ2v) is 7.42. The van der Waals surface area contributed by atoms with E-state index in [1.54, 1.807) is 6.20 Å². The van der Waals surface area contributed by atoms with Gasteiger partial charge in [0.25, 0.3) is 0 Å². The van der Waals surface area contributed by atoms with E-state index in [4.69, 9.17) is 9.84 Å². The van der Waals surface area contributed by atoms with Crippen molar-refractivity contribution in [3.05, 3.63) is 60.3 Å². The summed E-state index contributed by atoms with van der Waals surface area (Å²) in [7, 11) is 0. The number of hydrogen-bond donors (Lipinski definition) is 1. The number of pyridine rings is 1. The van der Waals surface area contributed by atoms with Gasteiger partial charge in [0.15, 0.2) is 5.65 Å². The first-order valence-corrected chi connectivity index (χ1v) is 9.92. The Labute approximate surface area is 167 Å². The minimum absolute atomic E-state index is 0.0670. The number of rotatable bonds is 7. The molecular formula is C23H21N3O3. The fraction of sp³-hybridized carbons (Fsp3) is 0.261. The maximum Gasteiger partial charge on any atom is 0.303 e. The predicted molar refractivity (Wildman–Crippen MR) is 111 cm³/mol. The lowest BCUT2D eigenvalue weighted by molar-refractivity contribution is -0.137. The molecule has 1 fully saturated rings. The molecule has 2 aromatic heterocycles. The Morgan fingerprint density at radius 2 is 1.93 bits per heavy atom. The van der Waals surface area contributed by atoms with Crippen LogP contribution >= 0.6 is 0 Å². The summed E-state index contributed by atoms with van der Waals surface area (Å²) in [4.78, 5) is 19.7. The average Bonchev–Trinajstić information content (AvgIpc) is 3.51. The molecule has 1 saturated carbocycles. The van der Waals surface area contributed by atoms with Crippen molar-refractivity contribution in [1.29, 1.82) is 0 Å². The highest BCUT2D eigenvalue weighted by Gasteiger charge is 2.26. The zero-order valence-corrected chi connectivity index (χ0v) is 15.9. The minimum atomic E-state index is -0.828. The van der Waals surface area contributed by atoms with Crippen LogP contribution in [0, 0.1) is 0 Å². The SMILES string of the molecule is O=C(O)CCCOc1nc2ncccc2n1-c1ccc(C2CC2)c2ccccc12. The molecule has 0 amide bonds. The summed E-state index contributed by atoms with van der Waals surface area (Å²) in [6, 6.07) is 17.1. The fourth-order valence-corrected chi connectivity index (χ4v) is 3.86. The van der Waals surface area contributed by atoms with Gasteiger partial charge < -0.3 is 9.84 Å². The molecule has 29 heavy (non-hydrogen) atoms. The summed E-state index contributed by atoms with van der Waals surface area (Å²) in [5.74, 6) is -0.174. The van der Waals surface area contributed by atoms with Crippen molar-refractivity contribution in [3.63, 3.8) is 0 Å². The highest BCUT2D eigenvalue weighted by atomic mass is 16.5. The summed E-state index contributed by atoms with van der Waals surface area (Å²) in [6.07, 6.45) is 4.70. The highest BCUT2D eigenvalue weighted by molar-refractivity contribution is 5.95. The molecule has 6 nitrogen and oxygen atoms in total. The van der Waals surface area contributed by atoms with Gasteiger partial charge in [0, 0.05) is 18.0 Å². The number of aliphatic carboxylic acids is 1. The number of nitrogens with zero attached hydrogens (tertiary/aromatic N) is 3. The van der Waals surface area contributed by atoms with Crippen LogP contribution in [-0.2, 0) is 4.79 Å². The summed E-state index contributed by atoms with van der Waals surface area (Å²) in [5, 5.41) is 11.3. The molecule has 0 spiro atoms. The molecule has 1 N–H and O–H groups in total. The molecule has 0 unspecified atom stereocenters. The van der Waals surface area contributed by atoms with E-state index < -0.39 is 5.97 Å². The Kier molecular flexibility index (Phi) is 4.39. The minimum Gasteiger partial charge on any atom is -0.481 e. The number of carboxylic acids is 1. The molecule has 1 aliphatic rings. The van der Waals surface area contributed by atoms with Crippen LogP contribution in [0.15, 0.2) is 54.7 Å². The van der Waals surface area contributed by atoms with Crippen molar-refractivity contribution in [3.8, 4) is 11.7 Å². The normalized spacial score (nSPS) is 13.8. The van der Waals surface area contributed by atoms with E-state index in [0.29, 0.717) is 24.0 Å².